The highest BCUT2D eigenvalue weighted by molar-refractivity contribution is 7.09. The SMILES string of the molecule is Cc1ccc2c(c1)cc(CN(Cc1cccs1)C(=O)C1CCC1)c1nnnn12. The predicted octanol–water partition coefficient (Wildman–Crippen LogP) is 3.98. The van der Waals surface area contributed by atoms with Crippen LogP contribution in [-0.4, -0.2) is 30.8 Å². The summed E-state index contributed by atoms with van der Waals surface area (Å²) >= 11 is 1.69. The second-order valence-corrected chi connectivity index (χ2v) is 8.58. The first-order chi connectivity index (χ1) is 13.7. The molecule has 5 rings (SSSR count). The van der Waals surface area contributed by atoms with Crippen LogP contribution in [-0.2, 0) is 17.9 Å². The lowest BCUT2D eigenvalue weighted by atomic mass is 9.84. The summed E-state index contributed by atoms with van der Waals surface area (Å²) in [6, 6.07) is 12.5. The number of carbonyl (C=O) groups is 1. The van der Waals surface area contributed by atoms with Gasteiger partial charge in [0.2, 0.25) is 5.91 Å². The molecule has 1 saturated carbocycles. The fourth-order valence-corrected chi connectivity index (χ4v) is 4.54. The van der Waals surface area contributed by atoms with Crippen LogP contribution in [0.25, 0.3) is 16.6 Å². The first-order valence-corrected chi connectivity index (χ1v) is 10.5. The third kappa shape index (κ3) is 3.05. The van der Waals surface area contributed by atoms with E-state index in [0.717, 1.165) is 35.7 Å². The molecule has 1 fully saturated rings. The minimum absolute atomic E-state index is 0.162. The molecule has 1 aliphatic carbocycles. The molecule has 3 aromatic heterocycles. The minimum atomic E-state index is 0.162. The Labute approximate surface area is 166 Å². The molecule has 28 heavy (non-hydrogen) atoms. The number of rotatable bonds is 5. The Morgan fingerprint density at radius 3 is 2.89 bits per heavy atom. The number of aryl methyl sites for hydroxylation is 1. The van der Waals surface area contributed by atoms with Gasteiger partial charge in [-0.15, -0.1) is 16.4 Å². The van der Waals surface area contributed by atoms with Gasteiger partial charge in [0.25, 0.3) is 0 Å². The van der Waals surface area contributed by atoms with Crippen molar-refractivity contribution in [1.82, 2.24) is 24.9 Å². The lowest BCUT2D eigenvalue weighted by Crippen LogP contribution is -2.38. The highest BCUT2D eigenvalue weighted by atomic mass is 32.1. The normalized spacial score (nSPS) is 14.5. The van der Waals surface area contributed by atoms with Crippen molar-refractivity contribution in [3.8, 4) is 0 Å². The van der Waals surface area contributed by atoms with Crippen LogP contribution >= 0.6 is 11.3 Å². The Hall–Kier alpha value is -2.80. The van der Waals surface area contributed by atoms with Crippen molar-refractivity contribution in [2.75, 3.05) is 0 Å². The van der Waals surface area contributed by atoms with E-state index in [9.17, 15) is 4.79 Å². The Balaban J connectivity index is 1.56. The van der Waals surface area contributed by atoms with E-state index < -0.39 is 0 Å². The fourth-order valence-electron chi connectivity index (χ4n) is 3.82. The summed E-state index contributed by atoms with van der Waals surface area (Å²) in [7, 11) is 0. The van der Waals surface area contributed by atoms with Gasteiger partial charge in [-0.3, -0.25) is 4.79 Å². The van der Waals surface area contributed by atoms with E-state index in [1.54, 1.807) is 15.9 Å². The van der Waals surface area contributed by atoms with Crippen LogP contribution in [0.5, 0.6) is 0 Å². The molecule has 1 amide bonds. The molecule has 0 unspecified atom stereocenters. The van der Waals surface area contributed by atoms with E-state index in [1.807, 2.05) is 17.0 Å². The number of tetrazole rings is 1. The standard InChI is InChI=1S/C21H21N5OS/c1-14-7-8-19-16(10-14)11-17(20-22-23-24-26(19)20)12-25(13-18-6-3-9-28-18)21(27)15-4-2-5-15/h3,6-11,15H,2,4-5,12-13H2,1H3. The number of thiophene rings is 1. The number of pyridine rings is 1. The smallest absolute Gasteiger partial charge is 0.226 e. The average Bonchev–Trinajstić information content (AvgIpc) is 3.31. The van der Waals surface area contributed by atoms with Gasteiger partial charge in [-0.2, -0.15) is 4.52 Å². The maximum absolute atomic E-state index is 13.1. The van der Waals surface area contributed by atoms with Gasteiger partial charge in [0.1, 0.15) is 0 Å². The number of benzene rings is 1. The molecular weight excluding hydrogens is 370 g/mol. The van der Waals surface area contributed by atoms with E-state index in [2.05, 4.69) is 52.1 Å². The Morgan fingerprint density at radius 1 is 1.25 bits per heavy atom. The van der Waals surface area contributed by atoms with E-state index >= 15 is 0 Å². The molecule has 1 aromatic carbocycles. The second-order valence-electron chi connectivity index (χ2n) is 7.55. The third-order valence-electron chi connectivity index (χ3n) is 5.55. The largest absolute Gasteiger partial charge is 0.333 e. The second kappa shape index (κ2) is 6.98. The molecular formula is C21H21N5OS. The van der Waals surface area contributed by atoms with Gasteiger partial charge in [0, 0.05) is 28.3 Å². The summed E-state index contributed by atoms with van der Waals surface area (Å²) in [6.07, 6.45) is 3.15. The van der Waals surface area contributed by atoms with Crippen molar-refractivity contribution < 1.29 is 4.79 Å². The van der Waals surface area contributed by atoms with Crippen molar-refractivity contribution >= 4 is 33.8 Å². The number of aromatic nitrogens is 4. The van der Waals surface area contributed by atoms with Gasteiger partial charge in [0.15, 0.2) is 5.65 Å². The molecule has 1 aliphatic rings. The van der Waals surface area contributed by atoms with Crippen LogP contribution in [0, 0.1) is 12.8 Å². The highest BCUT2D eigenvalue weighted by Crippen LogP contribution is 2.30. The molecule has 0 atom stereocenters. The first kappa shape index (κ1) is 17.3. The number of fused-ring (bicyclic) bond motifs is 3. The summed E-state index contributed by atoms with van der Waals surface area (Å²) in [5, 5.41) is 15.5. The van der Waals surface area contributed by atoms with E-state index in [0.29, 0.717) is 18.7 Å². The monoisotopic (exact) mass is 391 g/mol. The molecule has 0 saturated heterocycles. The fraction of sp³-hybridized carbons (Fsp3) is 0.333. The van der Waals surface area contributed by atoms with E-state index in [4.69, 9.17) is 0 Å². The lowest BCUT2D eigenvalue weighted by molar-refractivity contribution is -0.139. The molecule has 0 aliphatic heterocycles. The van der Waals surface area contributed by atoms with Gasteiger partial charge in [-0.05, 0) is 59.8 Å². The summed E-state index contributed by atoms with van der Waals surface area (Å²) in [5.74, 6) is 0.407. The van der Waals surface area contributed by atoms with Crippen LogP contribution in [0.2, 0.25) is 0 Å². The minimum Gasteiger partial charge on any atom is -0.333 e. The molecule has 0 bridgehead atoms. The third-order valence-corrected chi connectivity index (χ3v) is 6.41. The van der Waals surface area contributed by atoms with E-state index in [1.165, 1.54) is 10.4 Å². The van der Waals surface area contributed by atoms with Crippen LogP contribution in [0.1, 0.15) is 35.3 Å². The van der Waals surface area contributed by atoms with Gasteiger partial charge in [0.05, 0.1) is 12.1 Å². The number of hydrogen-bond acceptors (Lipinski definition) is 5. The van der Waals surface area contributed by atoms with Crippen molar-refractivity contribution in [2.24, 2.45) is 5.92 Å². The molecule has 6 nitrogen and oxygen atoms in total. The molecule has 142 valence electrons. The number of carbonyl (C=O) groups excluding carboxylic acids is 1. The average molecular weight is 392 g/mol. The predicted molar refractivity (Wildman–Crippen MR) is 109 cm³/mol. The van der Waals surface area contributed by atoms with Gasteiger partial charge >= 0.3 is 0 Å². The van der Waals surface area contributed by atoms with Crippen molar-refractivity contribution in [1.29, 1.82) is 0 Å². The number of amides is 1. The lowest BCUT2D eigenvalue weighted by Gasteiger charge is -2.31. The summed E-state index contributed by atoms with van der Waals surface area (Å²) in [6.45, 7) is 3.22. The zero-order valence-corrected chi connectivity index (χ0v) is 16.5. The Morgan fingerprint density at radius 2 is 2.14 bits per heavy atom. The zero-order chi connectivity index (χ0) is 19.1. The summed E-state index contributed by atoms with van der Waals surface area (Å²) in [5.41, 5.74) is 3.86. The number of hydrogen-bond donors (Lipinski definition) is 0. The van der Waals surface area contributed by atoms with Crippen LogP contribution in [0.3, 0.4) is 0 Å². The van der Waals surface area contributed by atoms with Crippen molar-refractivity contribution in [3.63, 3.8) is 0 Å². The summed E-state index contributed by atoms with van der Waals surface area (Å²) < 4.78 is 1.78. The van der Waals surface area contributed by atoms with E-state index in [-0.39, 0.29) is 11.8 Å². The Bertz CT molecular complexity index is 1150. The molecule has 0 radical (unpaired) electrons. The zero-order valence-electron chi connectivity index (χ0n) is 15.7. The van der Waals surface area contributed by atoms with Gasteiger partial charge in [-0.25, -0.2) is 0 Å². The van der Waals surface area contributed by atoms with Crippen LogP contribution < -0.4 is 0 Å². The topological polar surface area (TPSA) is 63.4 Å². The first-order valence-electron chi connectivity index (χ1n) is 9.60. The number of nitrogens with zero attached hydrogens (tertiary/aromatic N) is 5. The van der Waals surface area contributed by atoms with Crippen molar-refractivity contribution in [2.45, 2.75) is 39.3 Å². The van der Waals surface area contributed by atoms with Crippen molar-refractivity contribution in [3.05, 3.63) is 57.8 Å². The highest BCUT2D eigenvalue weighted by Gasteiger charge is 2.30. The van der Waals surface area contributed by atoms with Crippen LogP contribution in [0.15, 0.2) is 41.8 Å². The van der Waals surface area contributed by atoms with Gasteiger partial charge < -0.3 is 4.90 Å². The van der Waals surface area contributed by atoms with Gasteiger partial charge in [-0.1, -0.05) is 24.1 Å². The summed E-state index contributed by atoms with van der Waals surface area (Å²) in [4.78, 5) is 16.3. The quantitative estimate of drug-likeness (QED) is 0.516. The Kier molecular flexibility index (Phi) is 4.31. The van der Waals surface area contributed by atoms with Crippen LogP contribution in [0.4, 0.5) is 0 Å². The molecule has 0 spiro atoms. The maximum Gasteiger partial charge on any atom is 0.226 e. The molecule has 3 heterocycles. The molecule has 0 N–H and O–H groups in total. The maximum atomic E-state index is 13.1. The molecule has 4 aromatic rings. The molecule has 7 heteroatoms.